The molecule has 0 unspecified atom stereocenters. The lowest BCUT2D eigenvalue weighted by atomic mass is 9.91. The Morgan fingerprint density at radius 1 is 0.864 bits per heavy atom. The summed E-state index contributed by atoms with van der Waals surface area (Å²) in [5, 5.41) is 2.37. The van der Waals surface area contributed by atoms with Crippen molar-refractivity contribution in [2.24, 2.45) is 0 Å². The molecule has 0 aromatic heterocycles. The molecule has 22 heavy (non-hydrogen) atoms. The minimum atomic E-state index is -0.0245. The Bertz CT molecular complexity index is 924. The van der Waals surface area contributed by atoms with Crippen LogP contribution in [0, 0.1) is 0 Å². The molecule has 2 aliphatic rings. The zero-order valence-corrected chi connectivity index (χ0v) is 12.0. The van der Waals surface area contributed by atoms with Gasteiger partial charge in [0.25, 0.3) is 0 Å². The maximum Gasteiger partial charge on any atom is 0.158 e. The molecule has 0 bridgehead atoms. The zero-order valence-electron chi connectivity index (χ0n) is 12.0. The van der Waals surface area contributed by atoms with Gasteiger partial charge in [0.2, 0.25) is 0 Å². The number of rotatable bonds is 0. The molecule has 0 N–H and O–H groups in total. The van der Waals surface area contributed by atoms with Crippen LogP contribution in [0.25, 0.3) is 22.4 Å². The Kier molecular flexibility index (Phi) is 2.36. The Morgan fingerprint density at radius 2 is 1.73 bits per heavy atom. The van der Waals surface area contributed by atoms with Crippen molar-refractivity contribution < 1.29 is 9.47 Å². The average Bonchev–Trinajstić information content (AvgIpc) is 2.59. The first-order valence-electron chi connectivity index (χ1n) is 7.52. The van der Waals surface area contributed by atoms with E-state index in [0.29, 0.717) is 6.61 Å². The molecule has 5 rings (SSSR count). The normalized spacial score (nSPS) is 18.4. The van der Waals surface area contributed by atoms with E-state index in [1.54, 1.807) is 0 Å². The zero-order chi connectivity index (χ0) is 14.5. The van der Waals surface area contributed by atoms with Crippen LogP contribution < -0.4 is 9.47 Å². The molecule has 1 atom stereocenters. The first-order valence-corrected chi connectivity index (χ1v) is 7.52. The summed E-state index contributed by atoms with van der Waals surface area (Å²) < 4.78 is 12.2. The number of hydrogen-bond acceptors (Lipinski definition) is 2. The summed E-state index contributed by atoms with van der Waals surface area (Å²) in [6.07, 6.45) is 2.21. The van der Waals surface area contributed by atoms with Gasteiger partial charge in [-0.05, 0) is 17.5 Å². The van der Waals surface area contributed by atoms with E-state index in [-0.39, 0.29) is 6.10 Å². The fourth-order valence-corrected chi connectivity index (χ4v) is 3.34. The molecule has 106 valence electrons. The van der Waals surface area contributed by atoms with E-state index in [1.165, 1.54) is 16.3 Å². The summed E-state index contributed by atoms with van der Waals surface area (Å²) in [5.41, 5.74) is 3.49. The standard InChI is InChI=1S/C20H14O2/c1-3-7-15-13(5-1)9-10-16-17-11-14-6-2-4-8-18(14)22-19(17)12-21-20(15)16/h1-11,19H,12H2/t19-/m1/s1. The van der Waals surface area contributed by atoms with Crippen molar-refractivity contribution in [2.45, 2.75) is 6.10 Å². The van der Waals surface area contributed by atoms with Gasteiger partial charge >= 0.3 is 0 Å². The first kappa shape index (κ1) is 11.9. The van der Waals surface area contributed by atoms with Crippen LogP contribution in [-0.2, 0) is 0 Å². The molecule has 0 spiro atoms. The molecular weight excluding hydrogens is 272 g/mol. The molecule has 0 fully saturated rings. The molecule has 2 heteroatoms. The molecule has 0 saturated carbocycles. The molecular formula is C20H14O2. The van der Waals surface area contributed by atoms with Crippen molar-refractivity contribution in [3.63, 3.8) is 0 Å². The highest BCUT2D eigenvalue weighted by Gasteiger charge is 2.31. The maximum absolute atomic E-state index is 6.11. The van der Waals surface area contributed by atoms with Gasteiger partial charge in [0, 0.05) is 22.1 Å². The smallest absolute Gasteiger partial charge is 0.158 e. The Hall–Kier alpha value is -2.74. The van der Waals surface area contributed by atoms with E-state index in [9.17, 15) is 0 Å². The fraction of sp³-hybridized carbons (Fsp3) is 0.100. The van der Waals surface area contributed by atoms with Gasteiger partial charge in [-0.2, -0.15) is 0 Å². The minimum Gasteiger partial charge on any atom is -0.488 e. The molecule has 0 saturated heterocycles. The second-order valence-corrected chi connectivity index (χ2v) is 5.72. The summed E-state index contributed by atoms with van der Waals surface area (Å²) in [6, 6.07) is 20.8. The predicted octanol–water partition coefficient (Wildman–Crippen LogP) is 4.53. The van der Waals surface area contributed by atoms with Crippen LogP contribution in [0.15, 0.2) is 60.7 Å². The summed E-state index contributed by atoms with van der Waals surface area (Å²) in [4.78, 5) is 0. The molecule has 2 nitrogen and oxygen atoms in total. The van der Waals surface area contributed by atoms with Crippen LogP contribution in [0.2, 0.25) is 0 Å². The maximum atomic E-state index is 6.11. The van der Waals surface area contributed by atoms with Gasteiger partial charge in [0.15, 0.2) is 6.10 Å². The van der Waals surface area contributed by atoms with E-state index in [0.717, 1.165) is 22.6 Å². The lowest BCUT2D eigenvalue weighted by Gasteiger charge is -2.33. The average molecular weight is 286 g/mol. The third-order valence-corrected chi connectivity index (χ3v) is 4.42. The van der Waals surface area contributed by atoms with Gasteiger partial charge in [-0.15, -0.1) is 0 Å². The highest BCUT2D eigenvalue weighted by Crippen LogP contribution is 2.43. The number of benzene rings is 3. The lowest BCUT2D eigenvalue weighted by molar-refractivity contribution is 0.160. The van der Waals surface area contributed by atoms with E-state index in [4.69, 9.17) is 9.47 Å². The van der Waals surface area contributed by atoms with Crippen molar-refractivity contribution >= 4 is 22.4 Å². The first-order chi connectivity index (χ1) is 10.9. The van der Waals surface area contributed by atoms with Crippen LogP contribution in [0.4, 0.5) is 0 Å². The molecule has 0 amide bonds. The fourth-order valence-electron chi connectivity index (χ4n) is 3.34. The second-order valence-electron chi connectivity index (χ2n) is 5.72. The van der Waals surface area contributed by atoms with Gasteiger partial charge < -0.3 is 9.47 Å². The molecule has 2 heterocycles. The van der Waals surface area contributed by atoms with Crippen LogP contribution in [-0.4, -0.2) is 12.7 Å². The molecule has 2 aliphatic heterocycles. The highest BCUT2D eigenvalue weighted by molar-refractivity contribution is 5.98. The highest BCUT2D eigenvalue weighted by atomic mass is 16.5. The number of fused-ring (bicyclic) bond motifs is 6. The molecule has 0 radical (unpaired) electrons. The van der Waals surface area contributed by atoms with Gasteiger partial charge in [-0.1, -0.05) is 54.6 Å². The van der Waals surface area contributed by atoms with Crippen molar-refractivity contribution in [1.29, 1.82) is 0 Å². The largest absolute Gasteiger partial charge is 0.488 e. The third-order valence-electron chi connectivity index (χ3n) is 4.42. The van der Waals surface area contributed by atoms with E-state index < -0.39 is 0 Å². The number of ether oxygens (including phenoxy) is 2. The van der Waals surface area contributed by atoms with Crippen LogP contribution in [0.5, 0.6) is 11.5 Å². The Morgan fingerprint density at radius 3 is 2.73 bits per heavy atom. The van der Waals surface area contributed by atoms with Gasteiger partial charge in [0.05, 0.1) is 0 Å². The molecule has 0 aliphatic carbocycles. The number of para-hydroxylation sites is 1. The van der Waals surface area contributed by atoms with Crippen molar-refractivity contribution in [3.05, 3.63) is 71.8 Å². The summed E-state index contributed by atoms with van der Waals surface area (Å²) in [5.74, 6) is 1.91. The second kappa shape index (κ2) is 4.38. The van der Waals surface area contributed by atoms with Crippen LogP contribution >= 0.6 is 0 Å². The van der Waals surface area contributed by atoms with E-state index >= 15 is 0 Å². The van der Waals surface area contributed by atoms with Gasteiger partial charge in [-0.25, -0.2) is 0 Å². The van der Waals surface area contributed by atoms with Gasteiger partial charge in [-0.3, -0.25) is 0 Å². The topological polar surface area (TPSA) is 18.5 Å². The summed E-state index contributed by atoms with van der Waals surface area (Å²) in [6.45, 7) is 0.557. The van der Waals surface area contributed by atoms with Crippen molar-refractivity contribution in [2.75, 3.05) is 6.61 Å². The SMILES string of the molecule is C1=C2c3ccc4ccccc4c3OC[C@H]2Oc2ccccc21. The number of hydrogen-bond donors (Lipinski definition) is 0. The van der Waals surface area contributed by atoms with Crippen molar-refractivity contribution in [1.82, 2.24) is 0 Å². The Balaban J connectivity index is 1.76. The van der Waals surface area contributed by atoms with E-state index in [2.05, 4.69) is 48.5 Å². The minimum absolute atomic E-state index is 0.0245. The molecule has 3 aromatic rings. The van der Waals surface area contributed by atoms with E-state index in [1.807, 2.05) is 18.2 Å². The summed E-state index contributed by atoms with van der Waals surface area (Å²) in [7, 11) is 0. The predicted molar refractivity (Wildman–Crippen MR) is 88.2 cm³/mol. The quantitative estimate of drug-likeness (QED) is 0.604. The van der Waals surface area contributed by atoms with Gasteiger partial charge in [0.1, 0.15) is 18.1 Å². The van der Waals surface area contributed by atoms with Crippen LogP contribution in [0.1, 0.15) is 11.1 Å². The summed E-state index contributed by atoms with van der Waals surface area (Å²) >= 11 is 0. The Labute approximate surface area is 128 Å². The lowest BCUT2D eigenvalue weighted by Crippen LogP contribution is -2.32. The monoisotopic (exact) mass is 286 g/mol. The third kappa shape index (κ3) is 1.61. The van der Waals surface area contributed by atoms with Crippen molar-refractivity contribution in [3.8, 4) is 11.5 Å². The van der Waals surface area contributed by atoms with Crippen LogP contribution in [0.3, 0.4) is 0 Å². The molecule has 3 aromatic carbocycles.